The summed E-state index contributed by atoms with van der Waals surface area (Å²) in [5.41, 5.74) is 1.22. The number of nitriles is 1. The zero-order valence-electron chi connectivity index (χ0n) is 7.53. The van der Waals surface area contributed by atoms with E-state index in [0.717, 1.165) is 25.7 Å². The molecule has 3 heteroatoms. The van der Waals surface area contributed by atoms with Gasteiger partial charge in [0.1, 0.15) is 0 Å². The summed E-state index contributed by atoms with van der Waals surface area (Å²) in [7, 11) is -0.610. The molecule has 0 aromatic carbocycles. The van der Waals surface area contributed by atoms with E-state index in [4.69, 9.17) is 5.26 Å². The quantitative estimate of drug-likeness (QED) is 0.554. The van der Waals surface area contributed by atoms with Crippen molar-refractivity contribution in [3.05, 3.63) is 11.6 Å². The molecule has 2 aliphatic heterocycles. The van der Waals surface area contributed by atoms with Crippen LogP contribution >= 0.6 is 0 Å². The molecular weight excluding hydrogens is 182 g/mol. The van der Waals surface area contributed by atoms with E-state index in [1.54, 1.807) is 6.08 Å². The fraction of sp³-hybridized carbons (Fsp3) is 0.700. The summed E-state index contributed by atoms with van der Waals surface area (Å²) in [6.07, 6.45) is 6.85. The molecule has 2 aliphatic rings. The molecule has 2 heterocycles. The maximum Gasteiger partial charge on any atom is 0.0911 e. The lowest BCUT2D eigenvalue weighted by molar-refractivity contribution is 0.518. The van der Waals surface area contributed by atoms with Gasteiger partial charge in [0.05, 0.1) is 6.07 Å². The first kappa shape index (κ1) is 8.96. The Bertz CT molecular complexity index is 285. The third kappa shape index (κ3) is 1.68. The van der Waals surface area contributed by atoms with E-state index in [9.17, 15) is 4.21 Å². The van der Waals surface area contributed by atoms with Crippen molar-refractivity contribution in [1.29, 1.82) is 5.26 Å². The molecule has 0 saturated carbocycles. The molecule has 2 bridgehead atoms. The van der Waals surface area contributed by atoms with E-state index in [1.165, 1.54) is 12.0 Å². The SMILES string of the molecule is N#CC=C1CC2CCCC(C1)S2=O. The van der Waals surface area contributed by atoms with E-state index in [2.05, 4.69) is 6.07 Å². The zero-order chi connectivity index (χ0) is 9.26. The Labute approximate surface area is 81.1 Å². The van der Waals surface area contributed by atoms with Gasteiger partial charge in [0.15, 0.2) is 0 Å². The summed E-state index contributed by atoms with van der Waals surface area (Å²) in [6.45, 7) is 0. The highest BCUT2D eigenvalue weighted by atomic mass is 32.2. The summed E-state index contributed by atoms with van der Waals surface area (Å²) < 4.78 is 11.8. The van der Waals surface area contributed by atoms with E-state index >= 15 is 0 Å². The van der Waals surface area contributed by atoms with Crippen LogP contribution in [-0.4, -0.2) is 14.7 Å². The van der Waals surface area contributed by atoms with Crippen LogP contribution in [0.5, 0.6) is 0 Å². The summed E-state index contributed by atoms with van der Waals surface area (Å²) in [4.78, 5) is 0. The van der Waals surface area contributed by atoms with Gasteiger partial charge in [0, 0.05) is 27.4 Å². The van der Waals surface area contributed by atoms with Crippen LogP contribution in [0.2, 0.25) is 0 Å². The molecule has 2 saturated heterocycles. The first-order valence-electron chi connectivity index (χ1n) is 4.78. The minimum Gasteiger partial charge on any atom is -0.259 e. The highest BCUT2D eigenvalue weighted by molar-refractivity contribution is 7.86. The number of hydrogen-bond acceptors (Lipinski definition) is 2. The highest BCUT2D eigenvalue weighted by Crippen LogP contribution is 2.36. The molecule has 13 heavy (non-hydrogen) atoms. The second-order valence-electron chi connectivity index (χ2n) is 3.84. The van der Waals surface area contributed by atoms with Crippen molar-refractivity contribution in [3.8, 4) is 6.07 Å². The fourth-order valence-corrected chi connectivity index (χ4v) is 4.42. The highest BCUT2D eigenvalue weighted by Gasteiger charge is 2.35. The number of rotatable bonds is 0. The lowest BCUT2D eigenvalue weighted by Gasteiger charge is -2.34. The van der Waals surface area contributed by atoms with Crippen LogP contribution in [0.4, 0.5) is 0 Å². The number of hydrogen-bond donors (Lipinski definition) is 0. The summed E-state index contributed by atoms with van der Waals surface area (Å²) >= 11 is 0. The van der Waals surface area contributed by atoms with Gasteiger partial charge >= 0.3 is 0 Å². The van der Waals surface area contributed by atoms with Gasteiger partial charge in [-0.1, -0.05) is 12.0 Å². The summed E-state index contributed by atoms with van der Waals surface area (Å²) in [5.74, 6) is 0. The Morgan fingerprint density at radius 3 is 2.54 bits per heavy atom. The first-order chi connectivity index (χ1) is 6.31. The molecule has 0 aromatic rings. The Kier molecular flexibility index (Phi) is 2.50. The number of fused-ring (bicyclic) bond motifs is 2. The third-order valence-electron chi connectivity index (χ3n) is 2.96. The van der Waals surface area contributed by atoms with E-state index in [0.29, 0.717) is 10.5 Å². The molecule has 2 rings (SSSR count). The Balaban J connectivity index is 2.17. The zero-order valence-corrected chi connectivity index (χ0v) is 8.35. The largest absolute Gasteiger partial charge is 0.259 e. The van der Waals surface area contributed by atoms with Gasteiger partial charge < -0.3 is 0 Å². The van der Waals surface area contributed by atoms with Gasteiger partial charge in [-0.25, -0.2) is 0 Å². The Hall–Kier alpha value is -0.620. The maximum absolute atomic E-state index is 11.8. The summed E-state index contributed by atoms with van der Waals surface area (Å²) in [5, 5.41) is 9.25. The first-order valence-corrected chi connectivity index (χ1v) is 6.06. The molecule has 2 nitrogen and oxygen atoms in total. The van der Waals surface area contributed by atoms with Gasteiger partial charge in [-0.15, -0.1) is 0 Å². The normalized spacial score (nSPS) is 38.1. The van der Waals surface area contributed by atoms with Crippen LogP contribution in [0, 0.1) is 11.3 Å². The standard InChI is InChI=1S/C10H13NOS/c11-5-4-8-6-9-2-1-3-10(7-8)13(9)12/h4,9-10H,1-3,6-7H2. The Morgan fingerprint density at radius 2 is 2.00 bits per heavy atom. The van der Waals surface area contributed by atoms with Gasteiger partial charge in [0.25, 0.3) is 0 Å². The van der Waals surface area contributed by atoms with Gasteiger partial charge in [-0.2, -0.15) is 5.26 Å². The van der Waals surface area contributed by atoms with Crippen LogP contribution in [0.1, 0.15) is 32.1 Å². The molecule has 0 aliphatic carbocycles. The molecule has 0 N–H and O–H groups in total. The Morgan fingerprint density at radius 1 is 1.38 bits per heavy atom. The second kappa shape index (κ2) is 3.63. The third-order valence-corrected chi connectivity index (χ3v) is 5.08. The molecule has 0 amide bonds. The lowest BCUT2D eigenvalue weighted by Crippen LogP contribution is -2.36. The number of nitrogens with zero attached hydrogens (tertiary/aromatic N) is 1. The smallest absolute Gasteiger partial charge is 0.0911 e. The predicted octanol–water partition coefficient (Wildman–Crippen LogP) is 1.90. The van der Waals surface area contributed by atoms with Crippen molar-refractivity contribution >= 4 is 10.8 Å². The minimum atomic E-state index is -0.610. The van der Waals surface area contributed by atoms with Crippen molar-refractivity contribution in [1.82, 2.24) is 0 Å². The molecular formula is C10H13NOS. The van der Waals surface area contributed by atoms with Crippen LogP contribution in [-0.2, 0) is 10.8 Å². The summed E-state index contributed by atoms with van der Waals surface area (Å²) in [6, 6.07) is 2.08. The predicted molar refractivity (Wildman–Crippen MR) is 52.5 cm³/mol. The minimum absolute atomic E-state index is 0.354. The topological polar surface area (TPSA) is 40.9 Å². The van der Waals surface area contributed by atoms with Crippen molar-refractivity contribution in [2.75, 3.05) is 0 Å². The lowest BCUT2D eigenvalue weighted by atomic mass is 9.94. The molecule has 2 unspecified atom stereocenters. The molecule has 70 valence electrons. The van der Waals surface area contributed by atoms with Crippen LogP contribution in [0.3, 0.4) is 0 Å². The van der Waals surface area contributed by atoms with E-state index in [1.807, 2.05) is 0 Å². The fourth-order valence-electron chi connectivity index (χ4n) is 2.32. The van der Waals surface area contributed by atoms with E-state index < -0.39 is 10.8 Å². The molecule has 2 fully saturated rings. The number of allylic oxidation sites excluding steroid dienone is 2. The average molecular weight is 195 g/mol. The van der Waals surface area contributed by atoms with Crippen molar-refractivity contribution in [2.45, 2.75) is 42.6 Å². The monoisotopic (exact) mass is 195 g/mol. The van der Waals surface area contributed by atoms with Gasteiger partial charge in [-0.3, -0.25) is 4.21 Å². The van der Waals surface area contributed by atoms with Crippen LogP contribution < -0.4 is 0 Å². The van der Waals surface area contributed by atoms with Gasteiger partial charge in [-0.05, 0) is 25.7 Å². The average Bonchev–Trinajstić information content (AvgIpc) is 2.07. The van der Waals surface area contributed by atoms with Gasteiger partial charge in [0.2, 0.25) is 0 Å². The second-order valence-corrected chi connectivity index (χ2v) is 5.83. The van der Waals surface area contributed by atoms with Crippen LogP contribution in [0.15, 0.2) is 11.6 Å². The van der Waals surface area contributed by atoms with Crippen LogP contribution in [0.25, 0.3) is 0 Å². The van der Waals surface area contributed by atoms with Crippen molar-refractivity contribution in [3.63, 3.8) is 0 Å². The van der Waals surface area contributed by atoms with Crippen molar-refractivity contribution < 1.29 is 4.21 Å². The molecule has 0 radical (unpaired) electrons. The van der Waals surface area contributed by atoms with Crippen molar-refractivity contribution in [2.24, 2.45) is 0 Å². The maximum atomic E-state index is 11.8. The molecule has 0 aromatic heterocycles. The molecule has 2 atom stereocenters. The molecule has 0 spiro atoms. The van der Waals surface area contributed by atoms with E-state index in [-0.39, 0.29) is 0 Å².